The zero-order valence-electron chi connectivity index (χ0n) is 16.1. The molecule has 0 unspecified atom stereocenters. The largest absolute Gasteiger partial charge is 0.463 e. The minimum Gasteiger partial charge on any atom is -0.463 e. The molecule has 152 valence electrons. The summed E-state index contributed by atoms with van der Waals surface area (Å²) in [5, 5.41) is 10.9. The van der Waals surface area contributed by atoms with Crippen molar-refractivity contribution in [3.05, 3.63) is 76.7 Å². The molecule has 0 saturated carbocycles. The molecule has 0 spiro atoms. The highest BCUT2D eigenvalue weighted by Crippen LogP contribution is 2.30. The first kappa shape index (κ1) is 19.3. The SMILES string of the molecule is Cc1cc(-c2cc(=O)n([C@H](C)C(=O)Nc3ccc(F)cc3)nc2-c2ccco2)on1. The Bertz CT molecular complexity index is 1240. The van der Waals surface area contributed by atoms with Crippen LogP contribution >= 0.6 is 0 Å². The number of amides is 1. The van der Waals surface area contributed by atoms with E-state index >= 15 is 0 Å². The Morgan fingerprint density at radius 3 is 2.57 bits per heavy atom. The molecule has 0 bridgehead atoms. The number of furan rings is 1. The summed E-state index contributed by atoms with van der Waals surface area (Å²) in [6, 6.07) is 10.8. The Balaban J connectivity index is 1.73. The maximum absolute atomic E-state index is 13.1. The second kappa shape index (κ2) is 7.78. The molecule has 0 aliphatic rings. The van der Waals surface area contributed by atoms with Crippen molar-refractivity contribution in [1.82, 2.24) is 14.9 Å². The summed E-state index contributed by atoms with van der Waals surface area (Å²) < 4.78 is 24.9. The summed E-state index contributed by atoms with van der Waals surface area (Å²) in [7, 11) is 0. The molecule has 3 heterocycles. The van der Waals surface area contributed by atoms with Gasteiger partial charge in [0, 0.05) is 17.8 Å². The topological polar surface area (TPSA) is 103 Å². The molecule has 1 N–H and O–H groups in total. The summed E-state index contributed by atoms with van der Waals surface area (Å²) in [5.74, 6) is -0.136. The molecule has 1 atom stereocenters. The summed E-state index contributed by atoms with van der Waals surface area (Å²) in [5.41, 5.74) is 1.28. The standard InChI is InChI=1S/C21H17FN4O4/c1-12-10-18(30-25-12)16-11-19(27)26(24-20(16)17-4-3-9-29-17)13(2)21(28)23-15-7-5-14(22)6-8-15/h3-11,13H,1-2H3,(H,23,28)/t13-/m1/s1. The van der Waals surface area contributed by atoms with Crippen molar-refractivity contribution in [3.63, 3.8) is 0 Å². The second-order valence-corrected chi connectivity index (χ2v) is 6.67. The van der Waals surface area contributed by atoms with Crippen LogP contribution in [0.5, 0.6) is 0 Å². The van der Waals surface area contributed by atoms with Gasteiger partial charge in [0.15, 0.2) is 11.5 Å². The van der Waals surface area contributed by atoms with E-state index in [2.05, 4.69) is 15.6 Å². The zero-order chi connectivity index (χ0) is 21.3. The lowest BCUT2D eigenvalue weighted by atomic mass is 10.1. The second-order valence-electron chi connectivity index (χ2n) is 6.67. The number of rotatable bonds is 5. The van der Waals surface area contributed by atoms with Crippen LogP contribution in [-0.4, -0.2) is 20.8 Å². The molecule has 0 fully saturated rings. The predicted molar refractivity (Wildman–Crippen MR) is 106 cm³/mol. The van der Waals surface area contributed by atoms with E-state index in [0.29, 0.717) is 34.2 Å². The molecule has 3 aromatic heterocycles. The van der Waals surface area contributed by atoms with E-state index in [1.165, 1.54) is 43.5 Å². The fraction of sp³-hybridized carbons (Fsp3) is 0.143. The minimum absolute atomic E-state index is 0.331. The lowest BCUT2D eigenvalue weighted by Gasteiger charge is -2.16. The quantitative estimate of drug-likeness (QED) is 0.539. The lowest BCUT2D eigenvalue weighted by molar-refractivity contribution is -0.119. The molecule has 4 rings (SSSR count). The Hall–Kier alpha value is -4.01. The van der Waals surface area contributed by atoms with Gasteiger partial charge in [-0.1, -0.05) is 5.16 Å². The van der Waals surface area contributed by atoms with Crippen LogP contribution in [0.15, 0.2) is 68.5 Å². The predicted octanol–water partition coefficient (Wildman–Crippen LogP) is 3.81. The van der Waals surface area contributed by atoms with Gasteiger partial charge in [0.25, 0.3) is 5.56 Å². The van der Waals surface area contributed by atoms with Gasteiger partial charge in [0.2, 0.25) is 5.91 Å². The number of benzene rings is 1. The normalized spacial score (nSPS) is 12.0. The lowest BCUT2D eigenvalue weighted by Crippen LogP contribution is -2.33. The molecule has 1 aromatic carbocycles. The van der Waals surface area contributed by atoms with Crippen molar-refractivity contribution < 1.29 is 18.1 Å². The van der Waals surface area contributed by atoms with Crippen LogP contribution in [0.25, 0.3) is 22.8 Å². The minimum atomic E-state index is -0.943. The first-order valence-electron chi connectivity index (χ1n) is 9.10. The van der Waals surface area contributed by atoms with Crippen LogP contribution in [0.3, 0.4) is 0 Å². The number of aryl methyl sites for hydroxylation is 1. The maximum Gasteiger partial charge on any atom is 0.268 e. The molecule has 0 radical (unpaired) electrons. The monoisotopic (exact) mass is 408 g/mol. The number of nitrogens with one attached hydrogen (secondary N) is 1. The van der Waals surface area contributed by atoms with Crippen LogP contribution in [-0.2, 0) is 4.79 Å². The van der Waals surface area contributed by atoms with E-state index in [0.717, 1.165) is 4.68 Å². The van der Waals surface area contributed by atoms with Gasteiger partial charge in [-0.3, -0.25) is 9.59 Å². The van der Waals surface area contributed by atoms with E-state index in [-0.39, 0.29) is 0 Å². The summed E-state index contributed by atoms with van der Waals surface area (Å²) >= 11 is 0. The van der Waals surface area contributed by atoms with Crippen LogP contribution in [0.2, 0.25) is 0 Å². The Morgan fingerprint density at radius 2 is 1.93 bits per heavy atom. The van der Waals surface area contributed by atoms with Gasteiger partial charge in [0.05, 0.1) is 17.5 Å². The third-order valence-corrected chi connectivity index (χ3v) is 4.46. The number of carbonyl (C=O) groups is 1. The van der Waals surface area contributed by atoms with E-state index in [1.807, 2.05) is 0 Å². The van der Waals surface area contributed by atoms with Gasteiger partial charge in [-0.05, 0) is 50.2 Å². The van der Waals surface area contributed by atoms with Crippen molar-refractivity contribution in [3.8, 4) is 22.8 Å². The van der Waals surface area contributed by atoms with Crippen molar-refractivity contribution >= 4 is 11.6 Å². The number of hydrogen-bond acceptors (Lipinski definition) is 6. The highest BCUT2D eigenvalue weighted by atomic mass is 19.1. The highest BCUT2D eigenvalue weighted by molar-refractivity contribution is 5.93. The number of anilines is 1. The van der Waals surface area contributed by atoms with Crippen molar-refractivity contribution in [2.75, 3.05) is 5.32 Å². The van der Waals surface area contributed by atoms with Gasteiger partial charge in [0.1, 0.15) is 17.6 Å². The number of aromatic nitrogens is 3. The van der Waals surface area contributed by atoms with Crippen molar-refractivity contribution in [1.29, 1.82) is 0 Å². The van der Waals surface area contributed by atoms with Crippen molar-refractivity contribution in [2.24, 2.45) is 0 Å². The number of carbonyl (C=O) groups excluding carboxylic acids is 1. The third-order valence-electron chi connectivity index (χ3n) is 4.46. The Morgan fingerprint density at radius 1 is 1.17 bits per heavy atom. The Kier molecular flexibility index (Phi) is 5.01. The van der Waals surface area contributed by atoms with Crippen LogP contribution < -0.4 is 10.9 Å². The zero-order valence-corrected chi connectivity index (χ0v) is 16.1. The van der Waals surface area contributed by atoms with Crippen LogP contribution in [0.4, 0.5) is 10.1 Å². The van der Waals surface area contributed by atoms with Gasteiger partial charge in [-0.15, -0.1) is 0 Å². The van der Waals surface area contributed by atoms with Gasteiger partial charge >= 0.3 is 0 Å². The molecular weight excluding hydrogens is 391 g/mol. The van der Waals surface area contributed by atoms with E-state index < -0.39 is 23.3 Å². The molecular formula is C21H17FN4O4. The van der Waals surface area contributed by atoms with Crippen LogP contribution in [0.1, 0.15) is 18.7 Å². The molecule has 4 aromatic rings. The fourth-order valence-electron chi connectivity index (χ4n) is 2.91. The summed E-state index contributed by atoms with van der Waals surface area (Å²) in [6.45, 7) is 3.30. The number of halogens is 1. The molecule has 9 heteroatoms. The molecule has 1 amide bonds. The average molecular weight is 408 g/mol. The van der Waals surface area contributed by atoms with Gasteiger partial charge in [-0.2, -0.15) is 5.10 Å². The van der Waals surface area contributed by atoms with Crippen molar-refractivity contribution in [2.45, 2.75) is 19.9 Å². The number of hydrogen-bond donors (Lipinski definition) is 1. The third kappa shape index (κ3) is 3.77. The molecule has 0 saturated heterocycles. The van der Waals surface area contributed by atoms with E-state index in [9.17, 15) is 14.0 Å². The van der Waals surface area contributed by atoms with E-state index in [4.69, 9.17) is 8.94 Å². The Labute approximate surface area is 169 Å². The fourth-order valence-corrected chi connectivity index (χ4v) is 2.91. The first-order valence-corrected chi connectivity index (χ1v) is 9.10. The number of nitrogens with zero attached hydrogens (tertiary/aromatic N) is 3. The molecule has 0 aliphatic heterocycles. The average Bonchev–Trinajstić information content (AvgIpc) is 3.41. The first-order chi connectivity index (χ1) is 14.4. The molecule has 30 heavy (non-hydrogen) atoms. The summed E-state index contributed by atoms with van der Waals surface area (Å²) in [4.78, 5) is 25.4. The van der Waals surface area contributed by atoms with E-state index in [1.54, 1.807) is 25.1 Å². The molecule has 0 aliphatic carbocycles. The smallest absolute Gasteiger partial charge is 0.268 e. The maximum atomic E-state index is 13.1. The summed E-state index contributed by atoms with van der Waals surface area (Å²) in [6.07, 6.45) is 1.48. The van der Waals surface area contributed by atoms with Gasteiger partial charge in [-0.25, -0.2) is 9.07 Å². The highest BCUT2D eigenvalue weighted by Gasteiger charge is 2.23. The van der Waals surface area contributed by atoms with Crippen LogP contribution in [0, 0.1) is 12.7 Å². The van der Waals surface area contributed by atoms with Gasteiger partial charge < -0.3 is 14.3 Å². The molecule has 8 nitrogen and oxygen atoms in total.